The number of halogens is 3. The number of hydrogen-bond donors (Lipinski definition) is 1. The van der Waals surface area contributed by atoms with E-state index >= 15 is 0 Å². The number of carbonyl (C=O) groups is 1. The van der Waals surface area contributed by atoms with Gasteiger partial charge >= 0.3 is 6.18 Å². The minimum atomic E-state index is -4.38. The third kappa shape index (κ3) is 6.62. The number of anilines is 1. The first kappa shape index (κ1) is 22.9. The Bertz CT molecular complexity index is 1020. The van der Waals surface area contributed by atoms with Gasteiger partial charge in [0.25, 0.3) is 0 Å². The van der Waals surface area contributed by atoms with Gasteiger partial charge in [0.15, 0.2) is 0 Å². The van der Waals surface area contributed by atoms with E-state index in [1.165, 1.54) is 12.3 Å². The van der Waals surface area contributed by atoms with Crippen LogP contribution < -0.4 is 10.1 Å². The largest absolute Gasteiger partial charge is 0.497 e. The second kappa shape index (κ2) is 10.5. The van der Waals surface area contributed by atoms with Crippen LogP contribution >= 0.6 is 11.8 Å². The summed E-state index contributed by atoms with van der Waals surface area (Å²) in [6.45, 7) is 0. The molecule has 164 valence electrons. The molecule has 31 heavy (non-hydrogen) atoms. The molecule has 0 saturated heterocycles. The summed E-state index contributed by atoms with van der Waals surface area (Å²) >= 11 is 1.59. The molecule has 1 aromatic heterocycles. The third-order valence-electron chi connectivity index (χ3n) is 4.71. The van der Waals surface area contributed by atoms with Crippen LogP contribution in [0.15, 0.2) is 59.6 Å². The van der Waals surface area contributed by atoms with Gasteiger partial charge in [-0.15, -0.1) is 11.8 Å². The SMILES string of the molecule is COc1ccc(NC(=O)CCCCCSc2ccnc3cc(C(F)(F)F)ccc23)cc1. The lowest BCUT2D eigenvalue weighted by atomic mass is 10.1. The van der Waals surface area contributed by atoms with E-state index in [2.05, 4.69) is 10.3 Å². The normalized spacial score (nSPS) is 11.5. The first-order chi connectivity index (χ1) is 14.9. The maximum Gasteiger partial charge on any atom is 0.416 e. The van der Waals surface area contributed by atoms with Gasteiger partial charge in [0.1, 0.15) is 5.75 Å². The molecule has 3 rings (SSSR count). The number of thioether (sulfide) groups is 1. The van der Waals surface area contributed by atoms with Crippen LogP contribution in [0.4, 0.5) is 18.9 Å². The van der Waals surface area contributed by atoms with Crippen LogP contribution in [0.1, 0.15) is 31.2 Å². The molecule has 0 aliphatic carbocycles. The highest BCUT2D eigenvalue weighted by molar-refractivity contribution is 7.99. The second-order valence-corrected chi connectivity index (χ2v) is 8.11. The molecule has 0 fully saturated rings. The Labute approximate surface area is 183 Å². The van der Waals surface area contributed by atoms with Crippen LogP contribution in [0.2, 0.25) is 0 Å². The number of carbonyl (C=O) groups excluding carboxylic acids is 1. The molecule has 0 atom stereocenters. The molecular formula is C23H23F3N2O2S. The van der Waals surface area contributed by atoms with E-state index in [9.17, 15) is 18.0 Å². The lowest BCUT2D eigenvalue weighted by molar-refractivity contribution is -0.137. The molecule has 0 radical (unpaired) electrons. The Morgan fingerprint density at radius 3 is 2.55 bits per heavy atom. The summed E-state index contributed by atoms with van der Waals surface area (Å²) in [4.78, 5) is 17.0. The first-order valence-electron chi connectivity index (χ1n) is 9.89. The zero-order chi connectivity index (χ0) is 22.3. The van der Waals surface area contributed by atoms with E-state index in [0.717, 1.165) is 58.9 Å². The summed E-state index contributed by atoms with van der Waals surface area (Å²) < 4.78 is 43.7. The lowest BCUT2D eigenvalue weighted by Gasteiger charge is -2.10. The fraction of sp³-hybridized carbons (Fsp3) is 0.304. The molecule has 3 aromatic rings. The van der Waals surface area contributed by atoms with E-state index < -0.39 is 11.7 Å². The Balaban J connectivity index is 1.41. The van der Waals surface area contributed by atoms with Crippen LogP contribution in [0, 0.1) is 0 Å². The van der Waals surface area contributed by atoms with E-state index in [-0.39, 0.29) is 5.91 Å². The highest BCUT2D eigenvalue weighted by Gasteiger charge is 2.30. The van der Waals surface area contributed by atoms with E-state index in [1.807, 2.05) is 6.07 Å². The van der Waals surface area contributed by atoms with Gasteiger partial charge in [-0.2, -0.15) is 13.2 Å². The van der Waals surface area contributed by atoms with Crippen molar-refractivity contribution in [3.05, 3.63) is 60.3 Å². The van der Waals surface area contributed by atoms with Crippen molar-refractivity contribution in [3.63, 3.8) is 0 Å². The van der Waals surface area contributed by atoms with Crippen molar-refractivity contribution in [1.82, 2.24) is 4.98 Å². The topological polar surface area (TPSA) is 51.2 Å². The van der Waals surface area contributed by atoms with Crippen molar-refractivity contribution < 1.29 is 22.7 Å². The lowest BCUT2D eigenvalue weighted by Crippen LogP contribution is -2.10. The number of rotatable bonds is 9. The average Bonchev–Trinajstić information content (AvgIpc) is 2.75. The Hall–Kier alpha value is -2.74. The average molecular weight is 449 g/mol. The number of hydrogen-bond acceptors (Lipinski definition) is 4. The monoisotopic (exact) mass is 448 g/mol. The van der Waals surface area contributed by atoms with Crippen molar-refractivity contribution in [2.24, 2.45) is 0 Å². The van der Waals surface area contributed by atoms with Gasteiger partial charge < -0.3 is 10.1 Å². The van der Waals surface area contributed by atoms with Gasteiger partial charge in [-0.25, -0.2) is 0 Å². The molecule has 1 heterocycles. The number of ether oxygens (including phenoxy) is 1. The Morgan fingerprint density at radius 1 is 1.06 bits per heavy atom. The summed E-state index contributed by atoms with van der Waals surface area (Å²) in [5, 5.41) is 3.58. The van der Waals surface area contributed by atoms with Crippen LogP contribution in [-0.2, 0) is 11.0 Å². The van der Waals surface area contributed by atoms with Crippen LogP contribution in [0.25, 0.3) is 10.9 Å². The van der Waals surface area contributed by atoms with Crippen molar-refractivity contribution >= 4 is 34.3 Å². The summed E-state index contributed by atoms with van der Waals surface area (Å²) in [5.74, 6) is 1.52. The minimum absolute atomic E-state index is 0.0292. The fourth-order valence-corrected chi connectivity index (χ4v) is 4.12. The number of fused-ring (bicyclic) bond motifs is 1. The number of aromatic nitrogens is 1. The smallest absolute Gasteiger partial charge is 0.416 e. The van der Waals surface area contributed by atoms with Gasteiger partial charge in [-0.3, -0.25) is 9.78 Å². The van der Waals surface area contributed by atoms with E-state index in [4.69, 9.17) is 4.74 Å². The van der Waals surface area contributed by atoms with E-state index in [0.29, 0.717) is 11.9 Å². The number of methoxy groups -OCH3 is 1. The number of nitrogens with zero attached hydrogens (tertiary/aromatic N) is 1. The van der Waals surface area contributed by atoms with Crippen molar-refractivity contribution in [3.8, 4) is 5.75 Å². The van der Waals surface area contributed by atoms with Crippen LogP contribution in [0.3, 0.4) is 0 Å². The van der Waals surface area contributed by atoms with Crippen LogP contribution in [-0.4, -0.2) is 23.8 Å². The summed E-state index contributed by atoms with van der Waals surface area (Å²) in [6.07, 6.45) is 0.173. The highest BCUT2D eigenvalue weighted by Crippen LogP contribution is 2.34. The van der Waals surface area contributed by atoms with E-state index in [1.54, 1.807) is 43.1 Å². The predicted octanol–water partition coefficient (Wildman–Crippen LogP) is 6.55. The van der Waals surface area contributed by atoms with Crippen LogP contribution in [0.5, 0.6) is 5.75 Å². The molecule has 4 nitrogen and oxygen atoms in total. The van der Waals surface area contributed by atoms with Gasteiger partial charge in [0.2, 0.25) is 5.91 Å². The maximum absolute atomic E-state index is 12.9. The molecule has 1 amide bonds. The summed E-state index contributed by atoms with van der Waals surface area (Å²) in [7, 11) is 1.59. The third-order valence-corrected chi connectivity index (χ3v) is 5.87. The number of alkyl halides is 3. The zero-order valence-electron chi connectivity index (χ0n) is 17.0. The summed E-state index contributed by atoms with van der Waals surface area (Å²) in [5.41, 5.74) is 0.386. The molecule has 2 aromatic carbocycles. The highest BCUT2D eigenvalue weighted by atomic mass is 32.2. The Morgan fingerprint density at radius 2 is 1.84 bits per heavy atom. The van der Waals surface area contributed by atoms with Gasteiger partial charge in [-0.1, -0.05) is 12.5 Å². The predicted molar refractivity (Wildman–Crippen MR) is 118 cm³/mol. The number of amides is 1. The quantitative estimate of drug-likeness (QED) is 0.298. The van der Waals surface area contributed by atoms with Gasteiger partial charge in [-0.05, 0) is 61.1 Å². The molecule has 0 aliphatic heterocycles. The summed E-state index contributed by atoms with van der Waals surface area (Å²) in [6, 6.07) is 12.7. The van der Waals surface area contributed by atoms with Crippen molar-refractivity contribution in [1.29, 1.82) is 0 Å². The minimum Gasteiger partial charge on any atom is -0.497 e. The molecule has 0 bridgehead atoms. The zero-order valence-corrected chi connectivity index (χ0v) is 17.9. The van der Waals surface area contributed by atoms with Crippen molar-refractivity contribution in [2.45, 2.75) is 36.8 Å². The Kier molecular flexibility index (Phi) is 7.79. The maximum atomic E-state index is 12.9. The number of nitrogens with one attached hydrogen (secondary N) is 1. The number of unbranched alkanes of at least 4 members (excludes halogenated alkanes) is 2. The molecule has 0 spiro atoms. The number of pyridine rings is 1. The van der Waals surface area contributed by atoms with Crippen molar-refractivity contribution in [2.75, 3.05) is 18.2 Å². The molecule has 1 N–H and O–H groups in total. The molecule has 8 heteroatoms. The fourth-order valence-electron chi connectivity index (χ4n) is 3.07. The second-order valence-electron chi connectivity index (χ2n) is 6.97. The molecular weight excluding hydrogens is 425 g/mol. The molecule has 0 saturated carbocycles. The van der Waals surface area contributed by atoms with Gasteiger partial charge in [0.05, 0.1) is 18.2 Å². The standard InChI is InChI=1S/C23H23F3N2O2S/c1-30-18-9-7-17(8-10-18)28-22(29)5-3-2-4-14-31-21-12-13-27-20-15-16(23(24,25)26)6-11-19(20)21/h6-13,15H,2-5,14H2,1H3,(H,28,29). The molecule has 0 aliphatic rings. The van der Waals surface area contributed by atoms with Gasteiger partial charge in [0, 0.05) is 28.6 Å². The first-order valence-corrected chi connectivity index (χ1v) is 10.9. The number of benzene rings is 2. The molecule has 0 unspecified atom stereocenters.